The van der Waals surface area contributed by atoms with Gasteiger partial charge in [-0.1, -0.05) is 109 Å². The molecule has 89 heavy (non-hydrogen) atoms. The lowest BCUT2D eigenvalue weighted by Crippen LogP contribution is -2.34. The summed E-state index contributed by atoms with van der Waals surface area (Å²) >= 11 is 0. The van der Waals surface area contributed by atoms with E-state index in [4.69, 9.17) is 4.11 Å². The van der Waals surface area contributed by atoms with Gasteiger partial charge in [-0.2, -0.15) is 4.57 Å². The van der Waals surface area contributed by atoms with Crippen LogP contribution in [0, 0.1) is 76.1 Å². The summed E-state index contributed by atoms with van der Waals surface area (Å²) in [7, 11) is 12.3. The number of rotatable bonds is 6. The molecule has 0 amide bonds. The predicted octanol–water partition coefficient (Wildman–Crippen LogP) is 16.5. The van der Waals surface area contributed by atoms with Gasteiger partial charge in [0.15, 0.2) is 36.7 Å². The molecule has 0 saturated heterocycles. The lowest BCUT2D eigenvalue weighted by atomic mass is 10.0. The Kier molecular flexibility index (Phi) is 22.6. The highest BCUT2D eigenvalue weighted by Gasteiger charge is 2.16. The van der Waals surface area contributed by atoms with Crippen molar-refractivity contribution in [2.75, 3.05) is 0 Å². The number of hydrogen-bond donors (Lipinski definition) is 0. The number of aryl methyl sites for hydroxylation is 16. The molecule has 6 aromatic heterocycles. The second-order valence-corrected chi connectivity index (χ2v) is 23.2. The van der Waals surface area contributed by atoms with Crippen LogP contribution in [-0.2, 0) is 42.3 Å². The molecular weight excluding hydrogens is 1080 g/mol. The Morgan fingerprint density at radius 1 is 0.236 bits per heavy atom. The monoisotopic (exact) mass is 1180 g/mol. The Labute approximate surface area is 537 Å². The number of hydrogen-bond acceptors (Lipinski definition) is 0. The topological polar surface area (TPSA) is 23.3 Å². The molecule has 0 radical (unpaired) electrons. The van der Waals surface area contributed by atoms with Gasteiger partial charge in [-0.15, -0.1) is 0 Å². The van der Waals surface area contributed by atoms with Gasteiger partial charge in [-0.05, 0) is 174 Å². The van der Waals surface area contributed by atoms with Gasteiger partial charge in [0.1, 0.15) is 42.3 Å². The molecule has 0 spiro atoms. The Hall–Kier alpha value is -9.78. The van der Waals surface area contributed by atoms with E-state index in [1.54, 1.807) is 12.3 Å². The molecule has 0 bridgehead atoms. The molecule has 6 heterocycles. The van der Waals surface area contributed by atoms with Crippen LogP contribution in [-0.4, -0.2) is 0 Å². The molecular formula is C83H94N6+6. The van der Waals surface area contributed by atoms with Gasteiger partial charge in [-0.3, -0.25) is 0 Å². The number of aromatic nitrogens is 6. The van der Waals surface area contributed by atoms with Crippen LogP contribution in [0.25, 0.3) is 67.5 Å². The van der Waals surface area contributed by atoms with E-state index in [1.807, 2.05) is 54.9 Å². The first-order chi connectivity index (χ1) is 43.9. The van der Waals surface area contributed by atoms with Crippen LogP contribution in [0.15, 0.2) is 262 Å². The zero-order valence-electron chi connectivity index (χ0n) is 58.5. The lowest BCUT2D eigenvalue weighted by Gasteiger charge is -2.04. The Balaban J connectivity index is 0.000000157. The Morgan fingerprint density at radius 3 is 0.899 bits per heavy atom. The SMILES string of the molecule is Cc1cc[n+](C)c(-c2ccccc2C)c1.Cc1cc[n+](C)c(-c2ccccc2C)c1.Cc1ccc(-c2ccccc2C)[n+](C)c1.Cc1ccccc1-c1cccc(C)[n+]1C.Cc1ccccc1-c1cccc[n+]1C.[2H]C([2H])([2H])c1ccc(-c2ccccc2C)[n+](C)c1. The van der Waals surface area contributed by atoms with Crippen LogP contribution in [0.4, 0.5) is 0 Å². The van der Waals surface area contributed by atoms with Crippen molar-refractivity contribution in [1.29, 1.82) is 0 Å². The standard InChI is InChI=1S/5C14H16N.C13H14N/c1-11-7-4-5-9-13(11)14-10-6-8-12(2)15(14)3;2*1-11-8-9-15(3)14(10-11)13-7-5-4-6-12(13)2;2*1-11-8-9-14(15(3)10-11)13-7-5-4-6-12(13)2;1-11-7-3-4-8-12(11)13-9-5-6-10-14(13)2/h5*4-10H,1-3H3;3-10H,1-2H3/q6*+1/i;;;1D3;;. The summed E-state index contributed by atoms with van der Waals surface area (Å²) in [6.07, 6.45) is 10.1. The molecule has 6 nitrogen and oxygen atoms in total. The number of benzene rings is 6. The summed E-state index contributed by atoms with van der Waals surface area (Å²) in [4.78, 5) is 0. The van der Waals surface area contributed by atoms with Gasteiger partial charge >= 0.3 is 0 Å². The smallest absolute Gasteiger partial charge is 0.201 e. The second kappa shape index (κ2) is 32.3. The molecule has 12 rings (SSSR count). The van der Waals surface area contributed by atoms with E-state index in [9.17, 15) is 0 Å². The minimum absolute atomic E-state index is 0.363. The Morgan fingerprint density at radius 2 is 0.539 bits per heavy atom. The van der Waals surface area contributed by atoms with Gasteiger partial charge in [0.25, 0.3) is 0 Å². The number of nitrogens with zero attached hydrogens (tertiary/aromatic N) is 6. The molecule has 0 fully saturated rings. The number of pyridine rings is 6. The van der Waals surface area contributed by atoms with Crippen LogP contribution >= 0.6 is 0 Å². The quantitative estimate of drug-likeness (QED) is 0.148. The average molecular weight is 1180 g/mol. The summed E-state index contributed by atoms with van der Waals surface area (Å²) in [5.41, 5.74) is 28.3. The maximum Gasteiger partial charge on any atom is 0.212 e. The fraction of sp³-hybridized carbons (Fsp3) is 0.205. The highest BCUT2D eigenvalue weighted by molar-refractivity contribution is 5.65. The largest absolute Gasteiger partial charge is 0.212 e. The molecule has 0 saturated carbocycles. The summed E-state index contributed by atoms with van der Waals surface area (Å²) in [5, 5.41) is 0. The third-order valence-corrected chi connectivity index (χ3v) is 16.1. The van der Waals surface area contributed by atoms with Crippen LogP contribution < -0.4 is 27.4 Å². The summed E-state index contributed by atoms with van der Waals surface area (Å²) in [6.45, 7) is 19.2. The van der Waals surface area contributed by atoms with E-state index >= 15 is 0 Å². The van der Waals surface area contributed by atoms with Crippen molar-refractivity contribution in [2.45, 2.75) is 76.1 Å². The molecule has 0 aliphatic rings. The van der Waals surface area contributed by atoms with E-state index < -0.39 is 6.85 Å². The van der Waals surface area contributed by atoms with Gasteiger partial charge in [0, 0.05) is 116 Å². The molecule has 0 aliphatic carbocycles. The summed E-state index contributed by atoms with van der Waals surface area (Å²) in [5.74, 6) is 0. The zero-order chi connectivity index (χ0) is 66.6. The first-order valence-electron chi connectivity index (χ1n) is 32.1. The van der Waals surface area contributed by atoms with Crippen molar-refractivity contribution >= 4 is 0 Å². The van der Waals surface area contributed by atoms with Gasteiger partial charge in [-0.25, -0.2) is 22.8 Å². The molecule has 0 unspecified atom stereocenters. The fourth-order valence-corrected chi connectivity index (χ4v) is 10.7. The van der Waals surface area contributed by atoms with Crippen LogP contribution in [0.1, 0.15) is 65.4 Å². The van der Waals surface area contributed by atoms with Crippen LogP contribution in [0.3, 0.4) is 0 Å². The van der Waals surface area contributed by atoms with Crippen molar-refractivity contribution < 1.29 is 31.5 Å². The van der Waals surface area contributed by atoms with Gasteiger partial charge in [0.05, 0.1) is 0 Å². The van der Waals surface area contributed by atoms with E-state index in [1.165, 1.54) is 112 Å². The molecule has 12 aromatic rings. The van der Waals surface area contributed by atoms with Crippen LogP contribution in [0.2, 0.25) is 0 Å². The first kappa shape index (κ1) is 62.3. The van der Waals surface area contributed by atoms with Gasteiger partial charge in [0.2, 0.25) is 34.2 Å². The van der Waals surface area contributed by atoms with Crippen molar-refractivity contribution in [3.05, 3.63) is 323 Å². The zero-order valence-corrected chi connectivity index (χ0v) is 55.5. The van der Waals surface area contributed by atoms with Crippen molar-refractivity contribution in [1.82, 2.24) is 0 Å². The third-order valence-electron chi connectivity index (χ3n) is 16.1. The molecule has 0 N–H and O–H groups in total. The van der Waals surface area contributed by atoms with Crippen molar-refractivity contribution in [3.63, 3.8) is 0 Å². The molecule has 0 aliphatic heterocycles. The average Bonchev–Trinajstić information content (AvgIpc) is 0.945. The van der Waals surface area contributed by atoms with Gasteiger partial charge < -0.3 is 0 Å². The maximum absolute atomic E-state index is 7.41. The summed E-state index contributed by atoms with van der Waals surface area (Å²) in [6, 6.07) is 79.7. The highest BCUT2D eigenvalue weighted by Crippen LogP contribution is 2.25. The minimum atomic E-state index is -2.05. The summed E-state index contributed by atoms with van der Waals surface area (Å²) < 4.78 is 35.0. The Bertz CT molecular complexity index is 4230. The molecule has 0 atom stereocenters. The van der Waals surface area contributed by atoms with Crippen LogP contribution in [0.5, 0.6) is 0 Å². The van der Waals surface area contributed by atoms with Crippen molar-refractivity contribution in [3.8, 4) is 67.5 Å². The van der Waals surface area contributed by atoms with E-state index in [-0.39, 0.29) is 0 Å². The molecule has 6 heteroatoms. The third kappa shape index (κ3) is 18.4. The van der Waals surface area contributed by atoms with E-state index in [2.05, 4.69) is 333 Å². The first-order valence-corrected chi connectivity index (χ1v) is 30.6. The highest BCUT2D eigenvalue weighted by atomic mass is 14.9. The fourth-order valence-electron chi connectivity index (χ4n) is 10.7. The molecule has 6 aromatic carbocycles. The minimum Gasteiger partial charge on any atom is -0.201 e. The van der Waals surface area contributed by atoms with E-state index in [0.29, 0.717) is 5.56 Å². The predicted molar refractivity (Wildman–Crippen MR) is 370 cm³/mol. The lowest BCUT2D eigenvalue weighted by molar-refractivity contribution is -0.666. The second-order valence-electron chi connectivity index (χ2n) is 23.2. The normalized spacial score (nSPS) is 10.9. The molecule has 450 valence electrons. The maximum atomic E-state index is 7.41. The van der Waals surface area contributed by atoms with E-state index in [0.717, 1.165) is 11.3 Å². The van der Waals surface area contributed by atoms with Crippen molar-refractivity contribution in [2.24, 2.45) is 42.3 Å².